The molecule has 3 aromatic carbocycles. The van der Waals surface area contributed by atoms with Gasteiger partial charge in [-0.2, -0.15) is 0 Å². The van der Waals surface area contributed by atoms with E-state index in [9.17, 15) is 4.79 Å². The van der Waals surface area contributed by atoms with Gasteiger partial charge in [0.15, 0.2) is 0 Å². The highest BCUT2D eigenvalue weighted by Crippen LogP contribution is 2.29. The van der Waals surface area contributed by atoms with Crippen LogP contribution in [0.15, 0.2) is 73.1 Å². The van der Waals surface area contributed by atoms with Crippen LogP contribution in [0.1, 0.15) is 29.8 Å². The van der Waals surface area contributed by atoms with Crippen molar-refractivity contribution in [1.29, 1.82) is 0 Å². The molecule has 1 amide bonds. The summed E-state index contributed by atoms with van der Waals surface area (Å²) in [4.78, 5) is 23.6. The Bertz CT molecular complexity index is 1250. The number of nitrogens with zero attached hydrogens (tertiary/aromatic N) is 3. The van der Waals surface area contributed by atoms with Crippen LogP contribution in [0.25, 0.3) is 22.0 Å². The zero-order valence-corrected chi connectivity index (χ0v) is 19.6. The van der Waals surface area contributed by atoms with Gasteiger partial charge in [-0.05, 0) is 73.4 Å². The summed E-state index contributed by atoms with van der Waals surface area (Å²) in [5.74, 6) is 0.870. The second kappa shape index (κ2) is 10.5. The van der Waals surface area contributed by atoms with Crippen molar-refractivity contribution in [2.75, 3.05) is 24.5 Å². The summed E-state index contributed by atoms with van der Waals surface area (Å²) in [5, 5.41) is 4.65. The van der Waals surface area contributed by atoms with Crippen LogP contribution in [0.4, 0.5) is 5.82 Å². The Morgan fingerprint density at radius 2 is 1.70 bits per heavy atom. The molecule has 0 radical (unpaired) electrons. The van der Waals surface area contributed by atoms with E-state index in [1.54, 1.807) is 30.6 Å². The molecule has 0 aliphatic carbocycles. The van der Waals surface area contributed by atoms with Gasteiger partial charge < -0.3 is 10.2 Å². The van der Waals surface area contributed by atoms with Crippen LogP contribution in [-0.4, -0.2) is 35.5 Å². The van der Waals surface area contributed by atoms with E-state index in [0.717, 1.165) is 52.9 Å². The molecule has 5 nitrogen and oxygen atoms in total. The second-order valence-corrected chi connectivity index (χ2v) is 8.25. The van der Waals surface area contributed by atoms with Gasteiger partial charge in [0.2, 0.25) is 0 Å². The van der Waals surface area contributed by atoms with Gasteiger partial charge in [-0.25, -0.2) is 9.97 Å². The third-order valence-corrected chi connectivity index (χ3v) is 6.00. The molecule has 4 rings (SSSR count). The van der Waals surface area contributed by atoms with E-state index in [4.69, 9.17) is 11.6 Å². The van der Waals surface area contributed by atoms with E-state index in [-0.39, 0.29) is 5.91 Å². The molecule has 0 spiro atoms. The minimum Gasteiger partial charge on any atom is -0.357 e. The molecule has 6 heteroatoms. The number of anilines is 1. The molecule has 0 unspecified atom stereocenters. The lowest BCUT2D eigenvalue weighted by Gasteiger charge is -2.21. The number of carbonyl (C=O) groups is 1. The number of aromatic nitrogens is 2. The molecule has 1 N–H and O–H groups in total. The third kappa shape index (κ3) is 5.32. The number of hydrogen-bond acceptors (Lipinski definition) is 4. The first-order chi connectivity index (χ1) is 16.1. The van der Waals surface area contributed by atoms with Gasteiger partial charge in [0.05, 0.1) is 5.52 Å². The minimum atomic E-state index is -0.0960. The molecule has 0 saturated heterocycles. The van der Waals surface area contributed by atoms with Crippen LogP contribution in [0.5, 0.6) is 0 Å². The van der Waals surface area contributed by atoms with Crippen molar-refractivity contribution in [1.82, 2.24) is 15.3 Å². The van der Waals surface area contributed by atoms with Gasteiger partial charge in [0, 0.05) is 35.6 Å². The zero-order chi connectivity index (χ0) is 23.2. The highest BCUT2D eigenvalue weighted by Gasteiger charge is 2.11. The molecule has 0 atom stereocenters. The Morgan fingerprint density at radius 1 is 0.939 bits per heavy atom. The van der Waals surface area contributed by atoms with E-state index >= 15 is 0 Å². The summed E-state index contributed by atoms with van der Waals surface area (Å²) >= 11 is 5.90. The average molecular weight is 459 g/mol. The molecule has 0 aliphatic heterocycles. The normalized spacial score (nSPS) is 10.9. The van der Waals surface area contributed by atoms with Crippen molar-refractivity contribution in [2.24, 2.45) is 0 Å². The Balaban J connectivity index is 1.50. The van der Waals surface area contributed by atoms with Crippen molar-refractivity contribution in [3.63, 3.8) is 0 Å². The van der Waals surface area contributed by atoms with Crippen molar-refractivity contribution < 1.29 is 4.79 Å². The maximum absolute atomic E-state index is 12.3. The number of benzene rings is 3. The second-order valence-electron chi connectivity index (χ2n) is 7.81. The first-order valence-corrected chi connectivity index (χ1v) is 11.6. The van der Waals surface area contributed by atoms with E-state index in [2.05, 4.69) is 76.5 Å². The van der Waals surface area contributed by atoms with E-state index in [1.165, 1.54) is 0 Å². The van der Waals surface area contributed by atoms with Crippen LogP contribution in [0.2, 0.25) is 5.02 Å². The highest BCUT2D eigenvalue weighted by atomic mass is 35.5. The molecule has 33 heavy (non-hydrogen) atoms. The molecule has 168 valence electrons. The van der Waals surface area contributed by atoms with Crippen LogP contribution >= 0.6 is 11.6 Å². The lowest BCUT2D eigenvalue weighted by Crippen LogP contribution is -2.25. The smallest absolute Gasteiger partial charge is 0.251 e. The maximum Gasteiger partial charge on any atom is 0.251 e. The van der Waals surface area contributed by atoms with Crippen molar-refractivity contribution in [3.05, 3.63) is 89.2 Å². The van der Waals surface area contributed by atoms with E-state index < -0.39 is 0 Å². The predicted molar refractivity (Wildman–Crippen MR) is 136 cm³/mol. The Labute approximate surface area is 199 Å². The molecular weight excluding hydrogens is 432 g/mol. The standard InChI is InChI=1S/C27H27ClN4O/c1-3-32(4-2)26-24-17-22(10-13-25(24)30-18-31-26)21-7-5-6-19(16-21)14-15-29-27(33)20-8-11-23(28)12-9-20/h5-13,16-18H,3-4,14-15H2,1-2H3,(H,29,33). The molecule has 0 aliphatic rings. The van der Waals surface area contributed by atoms with E-state index in [1.807, 2.05) is 0 Å². The Kier molecular flexibility index (Phi) is 7.20. The number of hydrogen-bond donors (Lipinski definition) is 1. The van der Waals surface area contributed by atoms with Gasteiger partial charge in [0.1, 0.15) is 12.1 Å². The van der Waals surface area contributed by atoms with Gasteiger partial charge in [-0.1, -0.05) is 41.9 Å². The fourth-order valence-corrected chi connectivity index (χ4v) is 4.05. The van der Waals surface area contributed by atoms with Crippen LogP contribution in [0.3, 0.4) is 0 Å². The highest BCUT2D eigenvalue weighted by molar-refractivity contribution is 6.30. The number of halogens is 1. The maximum atomic E-state index is 12.3. The largest absolute Gasteiger partial charge is 0.357 e. The van der Waals surface area contributed by atoms with Crippen LogP contribution in [-0.2, 0) is 6.42 Å². The van der Waals surface area contributed by atoms with Gasteiger partial charge in [-0.15, -0.1) is 0 Å². The van der Waals surface area contributed by atoms with E-state index in [0.29, 0.717) is 17.1 Å². The summed E-state index contributed by atoms with van der Waals surface area (Å²) in [6.07, 6.45) is 2.38. The third-order valence-electron chi connectivity index (χ3n) is 5.74. The molecule has 1 aromatic heterocycles. The van der Waals surface area contributed by atoms with Crippen molar-refractivity contribution in [2.45, 2.75) is 20.3 Å². The number of amides is 1. The van der Waals surface area contributed by atoms with Crippen molar-refractivity contribution >= 4 is 34.2 Å². The number of fused-ring (bicyclic) bond motifs is 1. The molecule has 0 fully saturated rings. The molecule has 0 bridgehead atoms. The number of nitrogens with one attached hydrogen (secondary N) is 1. The lowest BCUT2D eigenvalue weighted by molar-refractivity contribution is 0.0954. The summed E-state index contributed by atoms with van der Waals surface area (Å²) < 4.78 is 0. The Morgan fingerprint density at radius 3 is 2.45 bits per heavy atom. The fraction of sp³-hybridized carbons (Fsp3) is 0.222. The number of carbonyl (C=O) groups excluding carboxylic acids is 1. The quantitative estimate of drug-likeness (QED) is 0.364. The summed E-state index contributed by atoms with van der Waals surface area (Å²) in [6, 6.07) is 21.7. The molecule has 1 heterocycles. The Hall–Kier alpha value is -3.44. The molecular formula is C27H27ClN4O. The topological polar surface area (TPSA) is 58.1 Å². The monoisotopic (exact) mass is 458 g/mol. The first-order valence-electron chi connectivity index (χ1n) is 11.2. The summed E-state index contributed by atoms with van der Waals surface area (Å²) in [7, 11) is 0. The van der Waals surface area contributed by atoms with Crippen LogP contribution in [0, 0.1) is 0 Å². The zero-order valence-electron chi connectivity index (χ0n) is 18.9. The molecule has 0 saturated carbocycles. The molecule has 4 aromatic rings. The van der Waals surface area contributed by atoms with Gasteiger partial charge in [0.25, 0.3) is 5.91 Å². The number of rotatable bonds is 8. The fourth-order valence-electron chi connectivity index (χ4n) is 3.93. The SMILES string of the molecule is CCN(CC)c1ncnc2ccc(-c3cccc(CCNC(=O)c4ccc(Cl)cc4)c3)cc12. The summed E-state index contributed by atoms with van der Waals surface area (Å²) in [6.45, 7) is 6.61. The summed E-state index contributed by atoms with van der Waals surface area (Å²) in [5.41, 5.74) is 4.97. The predicted octanol–water partition coefficient (Wildman–Crippen LogP) is 5.77. The minimum absolute atomic E-state index is 0.0960. The van der Waals surface area contributed by atoms with Gasteiger partial charge >= 0.3 is 0 Å². The average Bonchev–Trinajstić information content (AvgIpc) is 2.85. The van der Waals surface area contributed by atoms with Gasteiger partial charge in [-0.3, -0.25) is 4.79 Å². The lowest BCUT2D eigenvalue weighted by atomic mass is 10.00. The van der Waals surface area contributed by atoms with Crippen LogP contribution < -0.4 is 10.2 Å². The van der Waals surface area contributed by atoms with Crippen molar-refractivity contribution in [3.8, 4) is 11.1 Å². The first kappa shape index (κ1) is 22.7.